The second kappa shape index (κ2) is 7.55. The predicted molar refractivity (Wildman–Crippen MR) is 124 cm³/mol. The molecule has 160 valence electrons. The molecule has 2 aliphatic rings. The first-order valence-electron chi connectivity index (χ1n) is 10.2. The van der Waals surface area contributed by atoms with Crippen molar-refractivity contribution in [1.29, 1.82) is 0 Å². The summed E-state index contributed by atoms with van der Waals surface area (Å²) in [6, 6.07) is 13.5. The largest absolute Gasteiger partial charge is 0.295 e. The van der Waals surface area contributed by atoms with Crippen LogP contribution in [0.4, 0.5) is 11.4 Å². The van der Waals surface area contributed by atoms with Gasteiger partial charge in [0.25, 0.3) is 5.91 Å². The normalized spacial score (nSPS) is 19.2. The minimum absolute atomic E-state index is 0.336. The summed E-state index contributed by atoms with van der Waals surface area (Å²) in [5, 5.41) is 4.94. The van der Waals surface area contributed by atoms with Crippen molar-refractivity contribution in [3.8, 4) is 11.4 Å². The maximum absolute atomic E-state index is 12.5. The molecule has 2 aliphatic heterocycles. The third-order valence-electron chi connectivity index (χ3n) is 6.00. The van der Waals surface area contributed by atoms with Crippen molar-refractivity contribution in [3.05, 3.63) is 83.0 Å². The third kappa shape index (κ3) is 3.01. The van der Waals surface area contributed by atoms with E-state index in [1.54, 1.807) is 10.9 Å². The van der Waals surface area contributed by atoms with Crippen molar-refractivity contribution in [3.63, 3.8) is 0 Å². The van der Waals surface area contributed by atoms with Crippen LogP contribution in [0.3, 0.4) is 0 Å². The summed E-state index contributed by atoms with van der Waals surface area (Å²) in [7, 11) is 1.84. The Morgan fingerprint density at radius 2 is 2.00 bits per heavy atom. The van der Waals surface area contributed by atoms with Crippen molar-refractivity contribution >= 4 is 35.2 Å². The van der Waals surface area contributed by atoms with Crippen LogP contribution in [-0.4, -0.2) is 27.0 Å². The number of aryl methyl sites for hydroxylation is 2. The average molecular weight is 447 g/mol. The second-order valence-electron chi connectivity index (χ2n) is 7.94. The molecule has 1 atom stereocenters. The summed E-state index contributed by atoms with van der Waals surface area (Å²) in [6.45, 7) is 2.40. The number of fused-ring (bicyclic) bond motifs is 2. The van der Waals surface area contributed by atoms with Crippen molar-refractivity contribution < 1.29 is 9.59 Å². The molecule has 1 amide bonds. The fourth-order valence-corrected chi connectivity index (χ4v) is 4.96. The van der Waals surface area contributed by atoms with Gasteiger partial charge >= 0.3 is 0 Å². The molecule has 0 aliphatic carbocycles. The summed E-state index contributed by atoms with van der Waals surface area (Å²) in [6.07, 6.45) is 6.93. The van der Waals surface area contributed by atoms with Gasteiger partial charge in [-0.3, -0.25) is 14.5 Å². The van der Waals surface area contributed by atoms with Crippen LogP contribution in [-0.2, 0) is 23.2 Å². The van der Waals surface area contributed by atoms with Crippen LogP contribution in [0.2, 0.25) is 5.02 Å². The zero-order chi connectivity index (χ0) is 22.5. The molecule has 8 heteroatoms. The predicted octanol–water partition coefficient (Wildman–Crippen LogP) is 4.26. The molecule has 0 fully saturated rings. The number of hydrogen-bond acceptors (Lipinski definition) is 4. The minimum atomic E-state index is -0.605. The van der Waals surface area contributed by atoms with Gasteiger partial charge in [-0.1, -0.05) is 35.9 Å². The molecule has 0 saturated carbocycles. The number of amides is 1. The van der Waals surface area contributed by atoms with Crippen LogP contribution in [0.5, 0.6) is 0 Å². The van der Waals surface area contributed by atoms with Crippen LogP contribution < -0.4 is 9.38 Å². The Hall–Kier alpha value is -3.55. The molecular weight excluding hydrogens is 426 g/mol. The van der Waals surface area contributed by atoms with E-state index in [1.807, 2.05) is 56.4 Å². The number of nitrogens with zero attached hydrogens (tertiary/aromatic N) is 5. The van der Waals surface area contributed by atoms with E-state index in [1.165, 1.54) is 4.90 Å². The van der Waals surface area contributed by atoms with Crippen LogP contribution in [0.25, 0.3) is 11.4 Å². The number of aldehydes is 1. The van der Waals surface area contributed by atoms with Gasteiger partial charge in [0.2, 0.25) is 6.29 Å². The molecule has 7 nitrogen and oxygen atoms in total. The Morgan fingerprint density at radius 1 is 1.19 bits per heavy atom. The summed E-state index contributed by atoms with van der Waals surface area (Å²) >= 11 is 7.03. The quantitative estimate of drug-likeness (QED) is 0.342. The monoisotopic (exact) mass is 446 g/mol. The molecule has 0 saturated heterocycles. The van der Waals surface area contributed by atoms with Gasteiger partial charge in [-0.05, 0) is 25.1 Å². The van der Waals surface area contributed by atoms with E-state index in [9.17, 15) is 9.59 Å². The van der Waals surface area contributed by atoms with Gasteiger partial charge < -0.3 is 0 Å². The number of quaternary nitrogens is 1. The van der Waals surface area contributed by atoms with Gasteiger partial charge in [0.05, 0.1) is 11.9 Å². The van der Waals surface area contributed by atoms with Gasteiger partial charge in [0.1, 0.15) is 29.3 Å². The zero-order valence-corrected chi connectivity index (χ0v) is 18.5. The molecule has 5 rings (SSSR count). The van der Waals surface area contributed by atoms with E-state index in [-0.39, 0.29) is 0 Å². The zero-order valence-electron chi connectivity index (χ0n) is 17.7. The highest BCUT2D eigenvalue weighted by Gasteiger charge is 2.43. The lowest BCUT2D eigenvalue weighted by Crippen LogP contribution is -2.39. The Balaban J connectivity index is 1.74. The number of anilines is 1. The molecule has 1 aromatic heterocycles. The van der Waals surface area contributed by atoms with Gasteiger partial charge in [0, 0.05) is 30.7 Å². The fraction of sp³-hybridized carbons (Fsp3) is 0.167. The molecule has 1 unspecified atom stereocenters. The van der Waals surface area contributed by atoms with E-state index in [0.717, 1.165) is 22.5 Å². The van der Waals surface area contributed by atoms with Crippen LogP contribution in [0.15, 0.2) is 66.6 Å². The summed E-state index contributed by atoms with van der Waals surface area (Å²) < 4.78 is 2.06. The number of aromatic nitrogens is 3. The lowest BCUT2D eigenvalue weighted by molar-refractivity contribution is -0.129. The lowest BCUT2D eigenvalue weighted by atomic mass is 10.1. The van der Waals surface area contributed by atoms with Gasteiger partial charge in [-0.25, -0.2) is 14.1 Å². The molecule has 0 N–H and O–H groups in total. The summed E-state index contributed by atoms with van der Waals surface area (Å²) in [5.74, 6) is 0.755. The van der Waals surface area contributed by atoms with Gasteiger partial charge in [0.15, 0.2) is 11.5 Å². The Labute approximate surface area is 190 Å². The number of hydrogen-bond donors (Lipinski definition) is 0. The molecule has 32 heavy (non-hydrogen) atoms. The van der Waals surface area contributed by atoms with Crippen molar-refractivity contribution in [1.82, 2.24) is 19.2 Å². The van der Waals surface area contributed by atoms with E-state index in [4.69, 9.17) is 11.6 Å². The van der Waals surface area contributed by atoms with E-state index in [2.05, 4.69) is 22.4 Å². The number of allylic oxidation sites excluding steroid dienone is 1. The highest BCUT2D eigenvalue weighted by atomic mass is 35.5. The number of carbonyl (C=O) groups excluding carboxylic acids is 2. The van der Waals surface area contributed by atoms with E-state index >= 15 is 0 Å². The number of rotatable bonds is 3. The first kappa shape index (κ1) is 20.4. The molecule has 0 bridgehead atoms. The standard InChI is InChI=1S/C24H21ClN5O2/c1-16-26-24(28(2)27-16)19-9-5-11-21(23(19)25)30-12-6-8-18(30)13-29(22(32)15-31)20-10-4-3-7-17(20)14-30/h3-7,9-13,15H,8,14H2,1-2H3/q+1. The first-order chi connectivity index (χ1) is 15.4. The molecular formula is C24H21ClN5O2+. The van der Waals surface area contributed by atoms with Crippen molar-refractivity contribution in [2.75, 3.05) is 4.90 Å². The molecule has 3 aromatic rings. The molecule has 0 spiro atoms. The SMILES string of the molecule is Cc1nc(-c2cccc([N+]34C=CCC3=CN(C(=O)C=O)c3ccccc3C4)c2Cl)n(C)n1. The average Bonchev–Trinajstić information content (AvgIpc) is 3.30. The Bertz CT molecular complexity index is 1330. The van der Waals surface area contributed by atoms with Gasteiger partial charge in [-0.15, -0.1) is 0 Å². The van der Waals surface area contributed by atoms with Crippen molar-refractivity contribution in [2.24, 2.45) is 7.05 Å². The highest BCUT2D eigenvalue weighted by molar-refractivity contribution is 6.36. The number of carbonyl (C=O) groups is 2. The fourth-order valence-electron chi connectivity index (χ4n) is 4.60. The smallest absolute Gasteiger partial charge is 0.292 e. The highest BCUT2D eigenvalue weighted by Crippen LogP contribution is 2.47. The topological polar surface area (TPSA) is 68.1 Å². The third-order valence-corrected chi connectivity index (χ3v) is 6.40. The minimum Gasteiger partial charge on any atom is -0.292 e. The number of benzene rings is 2. The maximum Gasteiger partial charge on any atom is 0.295 e. The van der Waals surface area contributed by atoms with Crippen LogP contribution >= 0.6 is 11.6 Å². The number of halogens is 1. The summed E-state index contributed by atoms with van der Waals surface area (Å²) in [5.41, 5.74) is 4.26. The maximum atomic E-state index is 12.5. The van der Waals surface area contributed by atoms with Crippen LogP contribution in [0.1, 0.15) is 17.8 Å². The van der Waals surface area contributed by atoms with Gasteiger partial charge in [-0.2, -0.15) is 5.10 Å². The lowest BCUT2D eigenvalue weighted by Gasteiger charge is -2.32. The van der Waals surface area contributed by atoms with E-state index in [0.29, 0.717) is 46.1 Å². The Morgan fingerprint density at radius 3 is 2.75 bits per heavy atom. The second-order valence-corrected chi connectivity index (χ2v) is 8.31. The molecule has 2 aromatic carbocycles. The first-order valence-corrected chi connectivity index (χ1v) is 10.6. The summed E-state index contributed by atoms with van der Waals surface area (Å²) in [4.78, 5) is 29.9. The Kier molecular flexibility index (Phi) is 4.80. The van der Waals surface area contributed by atoms with E-state index < -0.39 is 5.91 Å². The number of para-hydroxylation sites is 1. The van der Waals surface area contributed by atoms with Crippen molar-refractivity contribution in [2.45, 2.75) is 19.9 Å². The van der Waals surface area contributed by atoms with Crippen LogP contribution in [0, 0.1) is 6.92 Å². The molecule has 3 heterocycles. The molecule has 0 radical (unpaired) electrons.